The van der Waals surface area contributed by atoms with E-state index in [1.807, 2.05) is 0 Å². The molecule has 1 aromatic carbocycles. The quantitative estimate of drug-likeness (QED) is 0.576. The number of anilines is 1. The van der Waals surface area contributed by atoms with Crippen molar-refractivity contribution in [1.29, 1.82) is 0 Å². The second-order valence-corrected chi connectivity index (χ2v) is 6.06. The van der Waals surface area contributed by atoms with Crippen LogP contribution in [0.2, 0.25) is 0 Å². The van der Waals surface area contributed by atoms with Crippen molar-refractivity contribution in [3.63, 3.8) is 0 Å². The van der Waals surface area contributed by atoms with Gasteiger partial charge in [0.1, 0.15) is 0 Å². The third kappa shape index (κ3) is 4.66. The van der Waals surface area contributed by atoms with Gasteiger partial charge in [-0.1, -0.05) is 24.3 Å². The van der Waals surface area contributed by atoms with Gasteiger partial charge in [-0.15, -0.1) is 6.58 Å². The normalized spacial score (nSPS) is 11.7. The first kappa shape index (κ1) is 15.7. The van der Waals surface area contributed by atoms with Gasteiger partial charge in [0.25, 0.3) is 0 Å². The number of nitrogen functional groups attached to an aromatic ring is 1. The van der Waals surface area contributed by atoms with Gasteiger partial charge in [-0.2, -0.15) is 4.31 Å². The summed E-state index contributed by atoms with van der Waals surface area (Å²) in [5, 5.41) is 0. The smallest absolute Gasteiger partial charge is 0.218 e. The summed E-state index contributed by atoms with van der Waals surface area (Å²) in [7, 11) is -1.89. The molecular formula is C13H20N2O3S. The predicted molar refractivity (Wildman–Crippen MR) is 77.1 cm³/mol. The molecule has 0 aromatic heterocycles. The van der Waals surface area contributed by atoms with Crippen LogP contribution < -0.4 is 5.73 Å². The van der Waals surface area contributed by atoms with Crippen LogP contribution in [0.4, 0.5) is 5.69 Å². The van der Waals surface area contributed by atoms with Gasteiger partial charge in [-0.25, -0.2) is 8.42 Å². The lowest BCUT2D eigenvalue weighted by Crippen LogP contribution is -2.35. The standard InChI is InChI=1S/C13H20N2O3S/c1-3-8-15(9-10-18-2)19(16,17)11-12-6-4-5-7-13(12)14/h3-7H,1,8-11,14H2,2H3. The van der Waals surface area contributed by atoms with Crippen LogP contribution in [0, 0.1) is 0 Å². The number of benzene rings is 1. The molecule has 6 heteroatoms. The highest BCUT2D eigenvalue weighted by atomic mass is 32.2. The molecule has 0 aliphatic heterocycles. The second-order valence-electron chi connectivity index (χ2n) is 4.09. The summed E-state index contributed by atoms with van der Waals surface area (Å²) >= 11 is 0. The summed E-state index contributed by atoms with van der Waals surface area (Å²) in [5.74, 6) is -0.114. The van der Waals surface area contributed by atoms with Crippen molar-refractivity contribution in [2.75, 3.05) is 32.5 Å². The molecule has 19 heavy (non-hydrogen) atoms. The van der Waals surface area contributed by atoms with Crippen LogP contribution in [0.3, 0.4) is 0 Å². The Morgan fingerprint density at radius 1 is 1.42 bits per heavy atom. The number of rotatable bonds is 8. The average molecular weight is 284 g/mol. The number of sulfonamides is 1. The van der Waals surface area contributed by atoms with Gasteiger partial charge in [0.05, 0.1) is 12.4 Å². The van der Waals surface area contributed by atoms with Crippen molar-refractivity contribution < 1.29 is 13.2 Å². The van der Waals surface area contributed by atoms with Crippen LogP contribution in [0.25, 0.3) is 0 Å². The van der Waals surface area contributed by atoms with Crippen LogP contribution in [-0.2, 0) is 20.5 Å². The van der Waals surface area contributed by atoms with Gasteiger partial charge in [0, 0.05) is 25.9 Å². The summed E-state index contributed by atoms with van der Waals surface area (Å²) in [6, 6.07) is 6.96. The zero-order valence-corrected chi connectivity index (χ0v) is 11.9. The highest BCUT2D eigenvalue weighted by Crippen LogP contribution is 2.16. The fourth-order valence-corrected chi connectivity index (χ4v) is 3.16. The van der Waals surface area contributed by atoms with Gasteiger partial charge in [-0.3, -0.25) is 0 Å². The molecule has 0 amide bonds. The molecular weight excluding hydrogens is 264 g/mol. The van der Waals surface area contributed by atoms with Gasteiger partial charge < -0.3 is 10.5 Å². The third-order valence-corrected chi connectivity index (χ3v) is 4.46. The van der Waals surface area contributed by atoms with E-state index in [9.17, 15) is 8.42 Å². The number of nitrogens with zero attached hydrogens (tertiary/aromatic N) is 1. The molecule has 1 rings (SSSR count). The zero-order valence-electron chi connectivity index (χ0n) is 11.1. The first-order valence-electron chi connectivity index (χ1n) is 5.92. The maximum atomic E-state index is 12.3. The molecule has 106 valence electrons. The van der Waals surface area contributed by atoms with E-state index in [0.29, 0.717) is 24.4 Å². The number of hydrogen-bond donors (Lipinski definition) is 1. The van der Waals surface area contributed by atoms with E-state index in [1.54, 1.807) is 30.3 Å². The van der Waals surface area contributed by atoms with Crippen LogP contribution in [0.15, 0.2) is 36.9 Å². The fraction of sp³-hybridized carbons (Fsp3) is 0.385. The van der Waals surface area contributed by atoms with Crippen molar-refractivity contribution in [3.8, 4) is 0 Å². The van der Waals surface area contributed by atoms with Gasteiger partial charge in [0.2, 0.25) is 10.0 Å². The van der Waals surface area contributed by atoms with E-state index in [2.05, 4.69) is 6.58 Å². The molecule has 0 fully saturated rings. The molecule has 1 aromatic rings. The number of hydrogen-bond acceptors (Lipinski definition) is 4. The Balaban J connectivity index is 2.88. The minimum absolute atomic E-state index is 0.114. The van der Waals surface area contributed by atoms with Crippen LogP contribution in [0.1, 0.15) is 5.56 Å². The summed E-state index contributed by atoms with van der Waals surface area (Å²) in [6.45, 7) is 4.49. The molecule has 0 radical (unpaired) electrons. The molecule has 2 N–H and O–H groups in total. The largest absolute Gasteiger partial charge is 0.398 e. The van der Waals surface area contributed by atoms with Crippen LogP contribution in [0.5, 0.6) is 0 Å². The van der Waals surface area contributed by atoms with Crippen molar-refractivity contribution in [3.05, 3.63) is 42.5 Å². The Kier molecular flexibility index (Phi) is 6.01. The van der Waals surface area contributed by atoms with Gasteiger partial charge in [-0.05, 0) is 11.6 Å². The summed E-state index contributed by atoms with van der Waals surface area (Å²) in [6.07, 6.45) is 1.56. The molecule has 0 unspecified atom stereocenters. The van der Waals surface area contributed by atoms with Gasteiger partial charge >= 0.3 is 0 Å². The second kappa shape index (κ2) is 7.28. The Morgan fingerprint density at radius 3 is 2.68 bits per heavy atom. The van der Waals surface area contributed by atoms with Crippen molar-refractivity contribution >= 4 is 15.7 Å². The fourth-order valence-electron chi connectivity index (χ4n) is 1.63. The highest BCUT2D eigenvalue weighted by Gasteiger charge is 2.21. The predicted octanol–water partition coefficient (Wildman–Crippen LogP) is 1.23. The third-order valence-electron chi connectivity index (χ3n) is 2.66. The first-order chi connectivity index (χ1) is 9.01. The Bertz CT molecular complexity index is 514. The number of methoxy groups -OCH3 is 1. The maximum Gasteiger partial charge on any atom is 0.218 e. The summed E-state index contributed by atoms with van der Waals surface area (Å²) in [5.41, 5.74) is 6.86. The monoisotopic (exact) mass is 284 g/mol. The lowest BCUT2D eigenvalue weighted by Gasteiger charge is -2.20. The minimum Gasteiger partial charge on any atom is -0.398 e. The topological polar surface area (TPSA) is 72.6 Å². The summed E-state index contributed by atoms with van der Waals surface area (Å²) < 4.78 is 30.9. The van der Waals surface area contributed by atoms with E-state index in [4.69, 9.17) is 10.5 Å². The number of ether oxygens (including phenoxy) is 1. The highest BCUT2D eigenvalue weighted by molar-refractivity contribution is 7.88. The maximum absolute atomic E-state index is 12.3. The first-order valence-corrected chi connectivity index (χ1v) is 7.53. The van der Waals surface area contributed by atoms with E-state index >= 15 is 0 Å². The molecule has 0 heterocycles. The van der Waals surface area contributed by atoms with Crippen molar-refractivity contribution in [2.45, 2.75) is 5.75 Å². The van der Waals surface area contributed by atoms with Crippen LogP contribution >= 0.6 is 0 Å². The lowest BCUT2D eigenvalue weighted by atomic mass is 10.2. The SMILES string of the molecule is C=CCN(CCOC)S(=O)(=O)Cc1ccccc1N. The molecule has 0 atom stereocenters. The van der Waals surface area contributed by atoms with Crippen molar-refractivity contribution in [1.82, 2.24) is 4.31 Å². The lowest BCUT2D eigenvalue weighted by molar-refractivity contribution is 0.182. The number of para-hydroxylation sites is 1. The van der Waals surface area contributed by atoms with E-state index in [1.165, 1.54) is 11.4 Å². The molecule has 0 saturated carbocycles. The van der Waals surface area contributed by atoms with Crippen LogP contribution in [-0.4, -0.2) is 39.5 Å². The van der Waals surface area contributed by atoms with E-state index in [0.717, 1.165) is 0 Å². The molecule has 5 nitrogen and oxygen atoms in total. The van der Waals surface area contributed by atoms with Gasteiger partial charge in [0.15, 0.2) is 0 Å². The minimum atomic E-state index is -3.43. The molecule has 0 bridgehead atoms. The Labute approximate surface area is 114 Å². The number of nitrogens with two attached hydrogens (primary N) is 1. The summed E-state index contributed by atoms with van der Waals surface area (Å²) in [4.78, 5) is 0. The Hall–Kier alpha value is -1.37. The molecule has 0 aliphatic carbocycles. The molecule has 0 saturated heterocycles. The Morgan fingerprint density at radius 2 is 2.11 bits per heavy atom. The molecule has 0 spiro atoms. The van der Waals surface area contributed by atoms with E-state index in [-0.39, 0.29) is 12.3 Å². The zero-order chi connectivity index (χ0) is 14.3. The van der Waals surface area contributed by atoms with E-state index < -0.39 is 10.0 Å². The molecule has 0 aliphatic rings. The average Bonchev–Trinajstić information content (AvgIpc) is 2.37. The van der Waals surface area contributed by atoms with Crippen molar-refractivity contribution in [2.24, 2.45) is 0 Å².